The van der Waals surface area contributed by atoms with Crippen LogP contribution in [-0.4, -0.2) is 49.0 Å². The van der Waals surface area contributed by atoms with E-state index in [0.29, 0.717) is 43.2 Å². The molecule has 0 aromatic heterocycles. The zero-order chi connectivity index (χ0) is 19.9. The molecule has 0 radical (unpaired) electrons. The number of methoxy groups -OCH3 is 1. The van der Waals surface area contributed by atoms with Gasteiger partial charge in [-0.15, -0.1) is 0 Å². The molecule has 7 heteroatoms. The van der Waals surface area contributed by atoms with E-state index in [9.17, 15) is 14.4 Å². The zero-order valence-electron chi connectivity index (χ0n) is 16.4. The van der Waals surface area contributed by atoms with E-state index in [-0.39, 0.29) is 17.9 Å². The van der Waals surface area contributed by atoms with Crippen LogP contribution in [-0.2, 0) is 9.53 Å². The van der Waals surface area contributed by atoms with Crippen molar-refractivity contribution >= 4 is 23.6 Å². The minimum absolute atomic E-state index is 0.00385. The third-order valence-corrected chi connectivity index (χ3v) is 5.66. The lowest BCUT2D eigenvalue weighted by atomic mass is 9.95. The van der Waals surface area contributed by atoms with Gasteiger partial charge in [-0.3, -0.25) is 4.79 Å². The molecule has 2 aliphatic rings. The molecule has 1 heterocycles. The number of ether oxygens (including phenoxy) is 1. The number of hydrogen-bond acceptors (Lipinski definition) is 4. The molecular weight excluding hydrogens is 358 g/mol. The molecule has 2 N–H and O–H groups in total. The van der Waals surface area contributed by atoms with Gasteiger partial charge in [0.2, 0.25) is 5.91 Å². The number of amides is 3. The lowest BCUT2D eigenvalue weighted by Crippen LogP contribution is -2.49. The SMILES string of the molecule is COC(=O)c1ccc(NC(=O)C2CCN(C(=O)NC3CCCCC3)CC2)cc1. The third kappa shape index (κ3) is 5.24. The van der Waals surface area contributed by atoms with E-state index in [0.717, 1.165) is 12.8 Å². The number of esters is 1. The molecule has 0 atom stereocenters. The van der Waals surface area contributed by atoms with E-state index in [1.807, 2.05) is 4.90 Å². The van der Waals surface area contributed by atoms with E-state index in [1.54, 1.807) is 24.3 Å². The van der Waals surface area contributed by atoms with Gasteiger partial charge in [0.05, 0.1) is 12.7 Å². The Bertz CT molecular complexity index is 690. The van der Waals surface area contributed by atoms with Crippen LogP contribution >= 0.6 is 0 Å². The van der Waals surface area contributed by atoms with Crippen LogP contribution in [0.2, 0.25) is 0 Å². The first kappa shape index (κ1) is 20.2. The van der Waals surface area contributed by atoms with Crippen molar-refractivity contribution < 1.29 is 19.1 Å². The highest BCUT2D eigenvalue weighted by Crippen LogP contribution is 2.21. The number of hydrogen-bond donors (Lipinski definition) is 2. The number of carbonyl (C=O) groups is 3. The Morgan fingerprint density at radius 1 is 0.964 bits per heavy atom. The van der Waals surface area contributed by atoms with Gasteiger partial charge in [-0.2, -0.15) is 0 Å². The first-order valence-electron chi connectivity index (χ1n) is 10.1. The van der Waals surface area contributed by atoms with Gasteiger partial charge >= 0.3 is 12.0 Å². The van der Waals surface area contributed by atoms with Crippen molar-refractivity contribution in [1.82, 2.24) is 10.2 Å². The second-order valence-corrected chi connectivity index (χ2v) is 7.60. The molecule has 0 unspecified atom stereocenters. The molecule has 152 valence electrons. The first-order chi connectivity index (χ1) is 13.6. The van der Waals surface area contributed by atoms with Crippen LogP contribution in [0.25, 0.3) is 0 Å². The van der Waals surface area contributed by atoms with Crippen LogP contribution in [0.5, 0.6) is 0 Å². The van der Waals surface area contributed by atoms with Gasteiger partial charge in [-0.05, 0) is 49.9 Å². The fourth-order valence-corrected chi connectivity index (χ4v) is 3.91. The summed E-state index contributed by atoms with van der Waals surface area (Å²) in [4.78, 5) is 38.2. The fraction of sp³-hybridized carbons (Fsp3) is 0.571. The van der Waals surface area contributed by atoms with Gasteiger partial charge < -0.3 is 20.3 Å². The topological polar surface area (TPSA) is 87.7 Å². The van der Waals surface area contributed by atoms with Crippen LogP contribution in [0.4, 0.5) is 10.5 Å². The number of nitrogens with one attached hydrogen (secondary N) is 2. The summed E-state index contributed by atoms with van der Waals surface area (Å²) < 4.78 is 4.67. The van der Waals surface area contributed by atoms with Crippen molar-refractivity contribution in [2.45, 2.75) is 51.0 Å². The summed E-state index contributed by atoms with van der Waals surface area (Å²) in [7, 11) is 1.33. The monoisotopic (exact) mass is 387 g/mol. The number of urea groups is 1. The number of rotatable bonds is 4. The third-order valence-electron chi connectivity index (χ3n) is 5.66. The summed E-state index contributed by atoms with van der Waals surface area (Å²) in [5, 5.41) is 6.04. The maximum atomic E-state index is 12.5. The van der Waals surface area contributed by atoms with Gasteiger partial charge in [-0.1, -0.05) is 19.3 Å². The summed E-state index contributed by atoms with van der Waals surface area (Å²) in [6.45, 7) is 1.19. The number of benzene rings is 1. The molecule has 1 aromatic rings. The molecule has 0 bridgehead atoms. The average molecular weight is 387 g/mol. The summed E-state index contributed by atoms with van der Waals surface area (Å²) in [6, 6.07) is 6.94. The van der Waals surface area contributed by atoms with Crippen molar-refractivity contribution in [3.8, 4) is 0 Å². The summed E-state index contributed by atoms with van der Waals surface area (Å²) in [5.74, 6) is -0.561. The highest BCUT2D eigenvalue weighted by atomic mass is 16.5. The van der Waals surface area contributed by atoms with Gasteiger partial charge in [-0.25, -0.2) is 9.59 Å². The van der Waals surface area contributed by atoms with Gasteiger partial charge in [0.15, 0.2) is 0 Å². The maximum Gasteiger partial charge on any atom is 0.337 e. The van der Waals surface area contributed by atoms with Crippen molar-refractivity contribution in [1.29, 1.82) is 0 Å². The molecule has 1 saturated heterocycles. The fourth-order valence-electron chi connectivity index (χ4n) is 3.91. The second-order valence-electron chi connectivity index (χ2n) is 7.60. The number of carbonyl (C=O) groups excluding carboxylic acids is 3. The molecule has 7 nitrogen and oxygen atoms in total. The van der Waals surface area contributed by atoms with E-state index in [4.69, 9.17) is 0 Å². The van der Waals surface area contributed by atoms with E-state index >= 15 is 0 Å². The van der Waals surface area contributed by atoms with E-state index in [1.165, 1.54) is 26.4 Å². The number of nitrogens with zero attached hydrogens (tertiary/aromatic N) is 1. The number of likely N-dealkylation sites (tertiary alicyclic amines) is 1. The van der Waals surface area contributed by atoms with Gasteiger partial charge in [0.1, 0.15) is 0 Å². The Balaban J connectivity index is 1.44. The molecule has 2 fully saturated rings. The van der Waals surface area contributed by atoms with Crippen LogP contribution in [0, 0.1) is 5.92 Å². The maximum absolute atomic E-state index is 12.5. The Morgan fingerprint density at radius 2 is 1.61 bits per heavy atom. The zero-order valence-corrected chi connectivity index (χ0v) is 16.4. The molecule has 1 saturated carbocycles. The predicted molar refractivity (Wildman–Crippen MR) is 106 cm³/mol. The summed E-state index contributed by atoms with van der Waals surface area (Å²) in [5.41, 5.74) is 1.09. The quantitative estimate of drug-likeness (QED) is 0.777. The molecule has 1 aliphatic heterocycles. The Morgan fingerprint density at radius 3 is 2.21 bits per heavy atom. The number of piperidine rings is 1. The van der Waals surface area contributed by atoms with Gasteiger partial charge in [0, 0.05) is 30.7 Å². The lowest BCUT2D eigenvalue weighted by Gasteiger charge is -2.33. The Hall–Kier alpha value is -2.57. The highest BCUT2D eigenvalue weighted by Gasteiger charge is 2.28. The molecule has 0 spiro atoms. The first-order valence-corrected chi connectivity index (χ1v) is 10.1. The van der Waals surface area contributed by atoms with E-state index in [2.05, 4.69) is 15.4 Å². The molecule has 3 rings (SSSR count). The molecule has 3 amide bonds. The van der Waals surface area contributed by atoms with Crippen LogP contribution in [0.1, 0.15) is 55.3 Å². The standard InChI is InChI=1S/C21H29N3O4/c1-28-20(26)16-7-9-18(10-8-16)22-19(25)15-11-13-24(14-12-15)21(27)23-17-5-3-2-4-6-17/h7-10,15,17H,2-6,11-14H2,1H3,(H,22,25)(H,23,27). The molecular formula is C21H29N3O4. The largest absolute Gasteiger partial charge is 0.465 e. The van der Waals surface area contributed by atoms with Crippen LogP contribution < -0.4 is 10.6 Å². The molecule has 1 aromatic carbocycles. The van der Waals surface area contributed by atoms with Crippen molar-refractivity contribution in [2.24, 2.45) is 5.92 Å². The normalized spacial score (nSPS) is 18.4. The Kier molecular flexibility index (Phi) is 6.90. The van der Waals surface area contributed by atoms with Crippen molar-refractivity contribution in [2.75, 3.05) is 25.5 Å². The second kappa shape index (κ2) is 9.57. The predicted octanol–water partition coefficient (Wildman–Crippen LogP) is 3.17. The summed E-state index contributed by atoms with van der Waals surface area (Å²) >= 11 is 0. The van der Waals surface area contributed by atoms with E-state index < -0.39 is 5.97 Å². The van der Waals surface area contributed by atoms with Crippen LogP contribution in [0.3, 0.4) is 0 Å². The average Bonchev–Trinajstić information content (AvgIpc) is 2.74. The Labute approximate surface area is 165 Å². The minimum atomic E-state index is -0.406. The summed E-state index contributed by atoms with van der Waals surface area (Å²) in [6.07, 6.45) is 7.09. The van der Waals surface area contributed by atoms with Gasteiger partial charge in [0.25, 0.3) is 0 Å². The number of anilines is 1. The molecule has 1 aliphatic carbocycles. The van der Waals surface area contributed by atoms with Crippen molar-refractivity contribution in [3.63, 3.8) is 0 Å². The smallest absolute Gasteiger partial charge is 0.337 e. The van der Waals surface area contributed by atoms with Crippen LogP contribution in [0.15, 0.2) is 24.3 Å². The molecule has 28 heavy (non-hydrogen) atoms. The minimum Gasteiger partial charge on any atom is -0.465 e. The lowest BCUT2D eigenvalue weighted by molar-refractivity contribution is -0.121. The van der Waals surface area contributed by atoms with Crippen molar-refractivity contribution in [3.05, 3.63) is 29.8 Å². The highest BCUT2D eigenvalue weighted by molar-refractivity contribution is 5.94.